The number of rotatable bonds is 5. The van der Waals surface area contributed by atoms with Gasteiger partial charge in [-0.25, -0.2) is 4.79 Å². The molecule has 1 rings (SSSR count). The van der Waals surface area contributed by atoms with Crippen molar-refractivity contribution in [3.8, 4) is 0 Å². The predicted octanol–water partition coefficient (Wildman–Crippen LogP) is 2.18. The summed E-state index contributed by atoms with van der Waals surface area (Å²) in [7, 11) is 0. The maximum Gasteiger partial charge on any atom is 0.405 e. The zero-order valence-corrected chi connectivity index (χ0v) is 13.3. The Morgan fingerprint density at radius 2 is 1.88 bits per heavy atom. The number of hydrogen-bond donors (Lipinski definition) is 2. The summed E-state index contributed by atoms with van der Waals surface area (Å²) in [4.78, 5) is 34.9. The van der Waals surface area contributed by atoms with Crippen molar-refractivity contribution in [1.82, 2.24) is 5.32 Å². The van der Waals surface area contributed by atoms with Gasteiger partial charge in [-0.1, -0.05) is 12.1 Å². The molecule has 1 aromatic carbocycles. The van der Waals surface area contributed by atoms with Gasteiger partial charge < -0.3 is 15.4 Å². The van der Waals surface area contributed by atoms with Crippen LogP contribution in [-0.4, -0.2) is 36.6 Å². The second-order valence-corrected chi connectivity index (χ2v) is 5.06. The minimum atomic E-state index is -4.56. The molecule has 0 radical (unpaired) electrons. The molecule has 9 heteroatoms. The smallest absolute Gasteiger partial charge is 0.405 e. The third-order valence-electron chi connectivity index (χ3n) is 2.91. The lowest BCUT2D eigenvalue weighted by Gasteiger charge is -2.16. The SMILES string of the molecule is CC(=O)Nc1c(C)cccc1C(=O)OC(C)C(=O)NCC(F)(F)F. The third-order valence-corrected chi connectivity index (χ3v) is 2.91. The molecule has 0 spiro atoms. The zero-order chi connectivity index (χ0) is 18.5. The van der Waals surface area contributed by atoms with E-state index in [1.54, 1.807) is 24.4 Å². The summed E-state index contributed by atoms with van der Waals surface area (Å²) >= 11 is 0. The van der Waals surface area contributed by atoms with Crippen LogP contribution in [0, 0.1) is 6.92 Å². The summed E-state index contributed by atoms with van der Waals surface area (Å²) in [6.07, 6.45) is -5.99. The van der Waals surface area contributed by atoms with Gasteiger partial charge in [0, 0.05) is 6.92 Å². The van der Waals surface area contributed by atoms with Crippen LogP contribution in [0.5, 0.6) is 0 Å². The van der Waals surface area contributed by atoms with Gasteiger partial charge in [-0.2, -0.15) is 13.2 Å². The van der Waals surface area contributed by atoms with Crippen LogP contribution >= 0.6 is 0 Å². The summed E-state index contributed by atoms with van der Waals surface area (Å²) < 4.78 is 41.1. The molecule has 2 N–H and O–H groups in total. The quantitative estimate of drug-likeness (QED) is 0.801. The maximum absolute atomic E-state index is 12.1. The number of hydrogen-bond acceptors (Lipinski definition) is 4. The molecular formula is C15H17F3N2O4. The van der Waals surface area contributed by atoms with E-state index in [0.29, 0.717) is 5.56 Å². The molecule has 1 aromatic rings. The molecule has 1 atom stereocenters. The molecule has 0 fully saturated rings. The first-order valence-corrected chi connectivity index (χ1v) is 6.94. The monoisotopic (exact) mass is 346 g/mol. The van der Waals surface area contributed by atoms with E-state index in [0.717, 1.165) is 6.92 Å². The number of alkyl halides is 3. The lowest BCUT2D eigenvalue weighted by atomic mass is 10.1. The Morgan fingerprint density at radius 3 is 2.42 bits per heavy atom. The fourth-order valence-corrected chi connectivity index (χ4v) is 1.79. The summed E-state index contributed by atoms with van der Waals surface area (Å²) in [5.41, 5.74) is 0.812. The molecule has 0 heterocycles. The fourth-order valence-electron chi connectivity index (χ4n) is 1.79. The number of halogens is 3. The highest BCUT2D eigenvalue weighted by Gasteiger charge is 2.30. The summed E-state index contributed by atoms with van der Waals surface area (Å²) in [6.45, 7) is 2.54. The van der Waals surface area contributed by atoms with Crippen molar-refractivity contribution >= 4 is 23.5 Å². The number of carbonyl (C=O) groups excluding carboxylic acids is 3. The van der Waals surface area contributed by atoms with E-state index in [1.807, 2.05) is 0 Å². The topological polar surface area (TPSA) is 84.5 Å². The van der Waals surface area contributed by atoms with Crippen molar-refractivity contribution in [3.63, 3.8) is 0 Å². The summed E-state index contributed by atoms with van der Waals surface area (Å²) in [6, 6.07) is 4.58. The molecule has 0 bridgehead atoms. The summed E-state index contributed by atoms with van der Waals surface area (Å²) in [5, 5.41) is 4.11. The number of esters is 1. The van der Waals surface area contributed by atoms with Crippen molar-refractivity contribution in [2.45, 2.75) is 33.1 Å². The first-order valence-electron chi connectivity index (χ1n) is 6.94. The molecule has 0 saturated carbocycles. The van der Waals surface area contributed by atoms with Gasteiger partial charge in [0.05, 0.1) is 11.3 Å². The fraction of sp³-hybridized carbons (Fsp3) is 0.400. The van der Waals surface area contributed by atoms with Gasteiger partial charge in [0.15, 0.2) is 6.10 Å². The van der Waals surface area contributed by atoms with Crippen LogP contribution < -0.4 is 10.6 Å². The van der Waals surface area contributed by atoms with Gasteiger partial charge >= 0.3 is 12.1 Å². The molecule has 0 aromatic heterocycles. The van der Waals surface area contributed by atoms with E-state index < -0.39 is 36.6 Å². The van der Waals surface area contributed by atoms with Crippen LogP contribution in [0.15, 0.2) is 18.2 Å². The molecule has 2 amide bonds. The molecule has 24 heavy (non-hydrogen) atoms. The predicted molar refractivity (Wildman–Crippen MR) is 79.4 cm³/mol. The standard InChI is InChI=1S/C15H17F3N2O4/c1-8-5-4-6-11(12(8)20-10(3)21)14(23)24-9(2)13(22)19-7-15(16,17)18/h4-6,9H,7H2,1-3H3,(H,19,22)(H,20,21). The minimum absolute atomic E-state index is 0.000622. The van der Waals surface area contributed by atoms with Crippen molar-refractivity contribution < 1.29 is 32.3 Å². The number of carbonyl (C=O) groups is 3. The lowest BCUT2D eigenvalue weighted by Crippen LogP contribution is -2.40. The second kappa shape index (κ2) is 7.80. The van der Waals surface area contributed by atoms with Crippen LogP contribution in [0.3, 0.4) is 0 Å². The van der Waals surface area contributed by atoms with Gasteiger partial charge in [-0.3, -0.25) is 9.59 Å². The molecular weight excluding hydrogens is 329 g/mol. The highest BCUT2D eigenvalue weighted by atomic mass is 19.4. The van der Waals surface area contributed by atoms with Gasteiger partial charge in [0.25, 0.3) is 5.91 Å². The van der Waals surface area contributed by atoms with Crippen molar-refractivity contribution in [2.24, 2.45) is 0 Å². The molecule has 0 aliphatic heterocycles. The number of amides is 2. The van der Waals surface area contributed by atoms with Gasteiger partial charge in [-0.15, -0.1) is 0 Å². The van der Waals surface area contributed by atoms with Crippen molar-refractivity contribution in [2.75, 3.05) is 11.9 Å². The molecule has 0 aliphatic carbocycles. The molecule has 0 saturated heterocycles. The van der Waals surface area contributed by atoms with Gasteiger partial charge in [0.1, 0.15) is 6.54 Å². The number of benzene rings is 1. The first kappa shape index (κ1) is 19.5. The Morgan fingerprint density at radius 1 is 1.25 bits per heavy atom. The van der Waals surface area contributed by atoms with Crippen molar-refractivity contribution in [1.29, 1.82) is 0 Å². The van der Waals surface area contributed by atoms with Crippen LogP contribution in [-0.2, 0) is 14.3 Å². The van der Waals surface area contributed by atoms with E-state index >= 15 is 0 Å². The third kappa shape index (κ3) is 5.90. The van der Waals surface area contributed by atoms with Gasteiger partial charge in [-0.05, 0) is 25.5 Å². The van der Waals surface area contributed by atoms with Gasteiger partial charge in [0.2, 0.25) is 5.91 Å². The van der Waals surface area contributed by atoms with Crippen molar-refractivity contribution in [3.05, 3.63) is 29.3 Å². The number of aryl methyl sites for hydroxylation is 1. The van der Waals surface area contributed by atoms with E-state index in [4.69, 9.17) is 4.74 Å². The van der Waals surface area contributed by atoms with Crippen LogP contribution in [0.1, 0.15) is 29.8 Å². The van der Waals surface area contributed by atoms with Crippen LogP contribution in [0.2, 0.25) is 0 Å². The second-order valence-electron chi connectivity index (χ2n) is 5.06. The zero-order valence-electron chi connectivity index (χ0n) is 13.3. The normalized spacial score (nSPS) is 12.2. The average molecular weight is 346 g/mol. The Kier molecular flexibility index (Phi) is 6.33. The molecule has 6 nitrogen and oxygen atoms in total. The Labute approximate surface area is 136 Å². The number of anilines is 1. The Balaban J connectivity index is 2.83. The Bertz CT molecular complexity index is 644. The minimum Gasteiger partial charge on any atom is -0.449 e. The van der Waals surface area contributed by atoms with E-state index in [2.05, 4.69) is 5.32 Å². The summed E-state index contributed by atoms with van der Waals surface area (Å²) in [5.74, 6) is -2.42. The van der Waals surface area contributed by atoms with Crippen LogP contribution in [0.25, 0.3) is 0 Å². The van der Waals surface area contributed by atoms with E-state index in [9.17, 15) is 27.6 Å². The molecule has 1 unspecified atom stereocenters. The number of para-hydroxylation sites is 1. The van der Waals surface area contributed by atoms with E-state index in [1.165, 1.54) is 13.0 Å². The maximum atomic E-state index is 12.1. The molecule has 132 valence electrons. The lowest BCUT2D eigenvalue weighted by molar-refractivity contribution is -0.143. The highest BCUT2D eigenvalue weighted by Crippen LogP contribution is 2.22. The average Bonchev–Trinajstić information content (AvgIpc) is 2.45. The largest absolute Gasteiger partial charge is 0.449 e. The number of ether oxygens (including phenoxy) is 1. The highest BCUT2D eigenvalue weighted by molar-refractivity contribution is 6.02. The first-order chi connectivity index (χ1) is 11.0. The van der Waals surface area contributed by atoms with Crippen LogP contribution in [0.4, 0.5) is 18.9 Å². The number of nitrogens with one attached hydrogen (secondary N) is 2. The Hall–Kier alpha value is -2.58. The van der Waals surface area contributed by atoms with E-state index in [-0.39, 0.29) is 11.3 Å². The molecule has 0 aliphatic rings.